The summed E-state index contributed by atoms with van der Waals surface area (Å²) < 4.78 is 0. The summed E-state index contributed by atoms with van der Waals surface area (Å²) in [5.41, 5.74) is 3.32. The van der Waals surface area contributed by atoms with Gasteiger partial charge in [0, 0.05) is 67.0 Å². The highest BCUT2D eigenvalue weighted by atomic mass is 35.5. The number of carbonyl (C=O) groups is 2. The van der Waals surface area contributed by atoms with Crippen molar-refractivity contribution >= 4 is 57.2 Å². The number of alkyl halides is 2. The Kier molecular flexibility index (Phi) is 6.51. The zero-order valence-electron chi connectivity index (χ0n) is 19.1. The molecule has 35 heavy (non-hydrogen) atoms. The zero-order chi connectivity index (χ0) is 24.7. The van der Waals surface area contributed by atoms with Crippen LogP contribution in [-0.4, -0.2) is 46.9 Å². The third-order valence-electron chi connectivity index (χ3n) is 7.05. The first kappa shape index (κ1) is 23.8. The molecule has 8 heteroatoms. The molecule has 2 atom stereocenters. The Labute approximate surface area is 213 Å². The van der Waals surface area contributed by atoms with E-state index in [4.69, 9.17) is 23.2 Å². The van der Waals surface area contributed by atoms with Crippen LogP contribution < -0.4 is 9.80 Å². The van der Waals surface area contributed by atoms with Gasteiger partial charge in [0.15, 0.2) is 0 Å². The summed E-state index contributed by atoms with van der Waals surface area (Å²) in [6.07, 6.45) is 0.802. The minimum absolute atomic E-state index is 0.0222. The van der Waals surface area contributed by atoms with Crippen LogP contribution in [0.3, 0.4) is 0 Å². The number of benzene rings is 3. The molecule has 0 fully saturated rings. The molecule has 0 spiro atoms. The number of carbonyl (C=O) groups excluding carboxylic acids is 2. The molecule has 0 aromatic heterocycles. The molecule has 2 aliphatic rings. The summed E-state index contributed by atoms with van der Waals surface area (Å²) in [6.45, 7) is 0.924. The Balaban J connectivity index is 1.29. The van der Waals surface area contributed by atoms with E-state index in [1.165, 1.54) is 0 Å². The van der Waals surface area contributed by atoms with E-state index in [1.807, 2.05) is 30.3 Å². The van der Waals surface area contributed by atoms with Gasteiger partial charge in [0.05, 0.1) is 11.4 Å². The van der Waals surface area contributed by atoms with E-state index in [2.05, 4.69) is 0 Å². The first-order valence-electron chi connectivity index (χ1n) is 11.7. The van der Waals surface area contributed by atoms with E-state index in [9.17, 15) is 19.8 Å². The molecular weight excluding hydrogens is 487 g/mol. The summed E-state index contributed by atoms with van der Waals surface area (Å²) in [6, 6.07) is 14.2. The summed E-state index contributed by atoms with van der Waals surface area (Å²) in [5.74, 6) is 0.792. The van der Waals surface area contributed by atoms with Gasteiger partial charge < -0.3 is 20.0 Å². The topological polar surface area (TPSA) is 81.1 Å². The minimum atomic E-state index is -0.0977. The molecule has 0 saturated heterocycles. The van der Waals surface area contributed by atoms with E-state index in [0.717, 1.165) is 21.9 Å². The maximum Gasteiger partial charge on any atom is 0.227 e. The minimum Gasteiger partial charge on any atom is -0.508 e. The zero-order valence-corrected chi connectivity index (χ0v) is 20.6. The van der Waals surface area contributed by atoms with E-state index < -0.39 is 0 Å². The Hall–Kier alpha value is -2.96. The van der Waals surface area contributed by atoms with Crippen LogP contribution in [0.5, 0.6) is 11.5 Å². The highest BCUT2D eigenvalue weighted by Gasteiger charge is 2.35. The molecule has 0 radical (unpaired) electrons. The number of anilines is 2. The van der Waals surface area contributed by atoms with Gasteiger partial charge in [-0.15, -0.1) is 23.2 Å². The van der Waals surface area contributed by atoms with E-state index >= 15 is 0 Å². The molecule has 0 bridgehead atoms. The van der Waals surface area contributed by atoms with Gasteiger partial charge >= 0.3 is 0 Å². The fraction of sp³-hybridized carbons (Fsp3) is 0.333. The Morgan fingerprint density at radius 2 is 1.46 bits per heavy atom. The molecule has 3 aromatic carbocycles. The van der Waals surface area contributed by atoms with Crippen molar-refractivity contribution in [1.29, 1.82) is 0 Å². The Bertz CT molecular complexity index is 1310. The number of amides is 2. The average molecular weight is 513 g/mol. The van der Waals surface area contributed by atoms with Gasteiger partial charge in [0.1, 0.15) is 11.5 Å². The lowest BCUT2D eigenvalue weighted by atomic mass is 9.95. The number of fused-ring (bicyclic) bond motifs is 4. The summed E-state index contributed by atoms with van der Waals surface area (Å²) >= 11 is 12.4. The molecule has 182 valence electrons. The molecule has 2 unspecified atom stereocenters. The van der Waals surface area contributed by atoms with Crippen molar-refractivity contribution in [1.82, 2.24) is 0 Å². The van der Waals surface area contributed by atoms with E-state index in [0.29, 0.717) is 42.6 Å². The number of halogens is 2. The fourth-order valence-electron chi connectivity index (χ4n) is 5.35. The number of phenols is 2. The van der Waals surface area contributed by atoms with E-state index in [1.54, 1.807) is 28.0 Å². The third kappa shape index (κ3) is 4.19. The molecule has 2 N–H and O–H groups in total. The van der Waals surface area contributed by atoms with Gasteiger partial charge in [-0.05, 0) is 29.0 Å². The number of phenolic OH excluding ortho intramolecular Hbond substituents is 2. The number of aromatic hydroxyl groups is 2. The summed E-state index contributed by atoms with van der Waals surface area (Å²) in [5, 5.41) is 22.1. The van der Waals surface area contributed by atoms with Crippen LogP contribution in [0.2, 0.25) is 0 Å². The second-order valence-electron chi connectivity index (χ2n) is 9.18. The third-order valence-corrected chi connectivity index (χ3v) is 7.79. The predicted molar refractivity (Wildman–Crippen MR) is 139 cm³/mol. The standard InChI is InChI=1S/C27H26Cl2N2O4/c28-12-16-14-30(22-10-18(32)8-9-19(16)22)25(34)6-3-7-26(35)31-15-17(13-29)27-21-5-2-1-4-20(21)24(33)11-23(27)31/h1-2,4-5,8-11,16-17,32-33H,3,6-7,12-15H2. The number of rotatable bonds is 6. The van der Waals surface area contributed by atoms with Crippen molar-refractivity contribution in [3.8, 4) is 11.5 Å². The molecule has 2 aliphatic heterocycles. The van der Waals surface area contributed by atoms with Crippen LogP contribution in [-0.2, 0) is 9.59 Å². The van der Waals surface area contributed by atoms with Crippen LogP contribution in [0, 0.1) is 0 Å². The number of hydrogen-bond donors (Lipinski definition) is 2. The predicted octanol–water partition coefficient (Wildman–Crippen LogP) is 5.46. The molecule has 0 aliphatic carbocycles. The lowest BCUT2D eigenvalue weighted by Crippen LogP contribution is -2.32. The normalized spacial score (nSPS) is 18.7. The fourth-order valence-corrected chi connectivity index (χ4v) is 5.86. The second kappa shape index (κ2) is 9.59. The van der Waals surface area contributed by atoms with Crippen molar-refractivity contribution in [3.05, 3.63) is 59.7 Å². The maximum absolute atomic E-state index is 13.2. The molecule has 0 saturated carbocycles. The summed E-state index contributed by atoms with van der Waals surface area (Å²) in [7, 11) is 0. The van der Waals surface area contributed by atoms with Gasteiger partial charge in [-0.25, -0.2) is 0 Å². The largest absolute Gasteiger partial charge is 0.508 e. The van der Waals surface area contributed by atoms with Gasteiger partial charge in [-0.1, -0.05) is 30.3 Å². The van der Waals surface area contributed by atoms with Gasteiger partial charge in [0.2, 0.25) is 11.8 Å². The van der Waals surface area contributed by atoms with Crippen LogP contribution in [0.1, 0.15) is 42.2 Å². The van der Waals surface area contributed by atoms with Crippen LogP contribution in [0.25, 0.3) is 10.8 Å². The van der Waals surface area contributed by atoms with Gasteiger partial charge in [0.25, 0.3) is 0 Å². The molecular formula is C27H26Cl2N2O4. The first-order chi connectivity index (χ1) is 16.9. The molecule has 5 rings (SSSR count). The van der Waals surface area contributed by atoms with E-state index in [-0.39, 0.29) is 48.0 Å². The first-order valence-corrected chi connectivity index (χ1v) is 12.8. The lowest BCUT2D eigenvalue weighted by Gasteiger charge is -2.20. The average Bonchev–Trinajstić information content (AvgIpc) is 3.42. The number of nitrogens with zero attached hydrogens (tertiary/aromatic N) is 2. The Morgan fingerprint density at radius 1 is 0.829 bits per heavy atom. The quantitative estimate of drug-likeness (QED) is 0.429. The van der Waals surface area contributed by atoms with Crippen molar-refractivity contribution in [2.45, 2.75) is 31.1 Å². The highest BCUT2D eigenvalue weighted by molar-refractivity contribution is 6.19. The molecule has 2 amide bonds. The molecule has 3 aromatic rings. The monoisotopic (exact) mass is 512 g/mol. The molecule has 6 nitrogen and oxygen atoms in total. The molecule has 2 heterocycles. The maximum atomic E-state index is 13.2. The van der Waals surface area contributed by atoms with Crippen LogP contribution >= 0.6 is 23.2 Å². The Morgan fingerprint density at radius 3 is 2.14 bits per heavy atom. The summed E-state index contributed by atoms with van der Waals surface area (Å²) in [4.78, 5) is 29.5. The van der Waals surface area contributed by atoms with Gasteiger partial charge in [-0.2, -0.15) is 0 Å². The van der Waals surface area contributed by atoms with Gasteiger partial charge in [-0.3, -0.25) is 9.59 Å². The highest BCUT2D eigenvalue weighted by Crippen LogP contribution is 2.45. The number of hydrogen-bond acceptors (Lipinski definition) is 4. The van der Waals surface area contributed by atoms with Crippen molar-refractivity contribution in [2.24, 2.45) is 0 Å². The lowest BCUT2D eigenvalue weighted by molar-refractivity contribution is -0.119. The van der Waals surface area contributed by atoms with Crippen molar-refractivity contribution in [3.63, 3.8) is 0 Å². The van der Waals surface area contributed by atoms with Crippen LogP contribution in [0.15, 0.2) is 48.5 Å². The second-order valence-corrected chi connectivity index (χ2v) is 9.80. The van der Waals surface area contributed by atoms with Crippen molar-refractivity contribution < 1.29 is 19.8 Å². The SMILES string of the molecule is O=C(CCCC(=O)N1CC(CCl)c2c1cc(O)c1ccccc21)N1CC(CCl)c2ccc(O)cc21. The van der Waals surface area contributed by atoms with Crippen LogP contribution in [0.4, 0.5) is 11.4 Å². The van der Waals surface area contributed by atoms with Crippen molar-refractivity contribution in [2.75, 3.05) is 34.6 Å². The smallest absolute Gasteiger partial charge is 0.227 e.